The van der Waals surface area contributed by atoms with E-state index in [1.54, 1.807) is 85.8 Å². The van der Waals surface area contributed by atoms with Gasteiger partial charge in [0.25, 0.3) is 0 Å². The molecule has 0 amide bonds. The minimum absolute atomic E-state index is 0.145. The molecule has 1 fully saturated rings. The summed E-state index contributed by atoms with van der Waals surface area (Å²) in [6.45, 7) is 1.29. The highest BCUT2D eigenvalue weighted by Crippen LogP contribution is 2.31. The Morgan fingerprint density at radius 3 is 1.83 bits per heavy atom. The number of benzene rings is 4. The van der Waals surface area contributed by atoms with Crippen molar-refractivity contribution in [3.8, 4) is 5.75 Å². The molecular weight excluding hydrogens is 620 g/mol. The zero-order valence-corrected chi connectivity index (χ0v) is 25.6. The molecular formula is C37H30O11. The van der Waals surface area contributed by atoms with Gasteiger partial charge in [-0.05, 0) is 61.0 Å². The highest BCUT2D eigenvalue weighted by molar-refractivity contribution is 5.91. The van der Waals surface area contributed by atoms with E-state index in [-0.39, 0.29) is 28.0 Å². The van der Waals surface area contributed by atoms with Crippen molar-refractivity contribution in [2.24, 2.45) is 0 Å². The molecule has 1 aliphatic heterocycles. The zero-order chi connectivity index (χ0) is 33.6. The molecule has 0 bridgehead atoms. The molecule has 0 spiro atoms. The van der Waals surface area contributed by atoms with Crippen molar-refractivity contribution >= 4 is 28.9 Å². The number of carbonyl (C=O) groups is 3. The first-order chi connectivity index (χ1) is 23.3. The van der Waals surface area contributed by atoms with Crippen molar-refractivity contribution in [1.29, 1.82) is 0 Å². The Morgan fingerprint density at radius 2 is 1.25 bits per heavy atom. The Bertz CT molecular complexity index is 1960. The number of rotatable bonds is 9. The van der Waals surface area contributed by atoms with Gasteiger partial charge in [-0.3, -0.25) is 0 Å². The lowest BCUT2D eigenvalue weighted by atomic mass is 9.98. The lowest BCUT2D eigenvalue weighted by Gasteiger charge is -2.42. The van der Waals surface area contributed by atoms with E-state index in [0.717, 1.165) is 0 Å². The van der Waals surface area contributed by atoms with Crippen LogP contribution in [0.2, 0.25) is 0 Å². The number of carbonyl (C=O) groups excluding carboxylic acids is 3. The molecule has 0 aliphatic carbocycles. The molecule has 5 atom stereocenters. The molecule has 6 rings (SSSR count). The van der Waals surface area contributed by atoms with Crippen LogP contribution in [0.1, 0.15) is 36.6 Å². The highest BCUT2D eigenvalue weighted by atomic mass is 16.7. The van der Waals surface area contributed by atoms with Gasteiger partial charge in [-0.15, -0.1) is 0 Å². The Balaban J connectivity index is 1.35. The molecule has 244 valence electrons. The van der Waals surface area contributed by atoms with E-state index in [9.17, 15) is 24.3 Å². The molecule has 0 radical (unpaired) electrons. The standard InChI is InChI=1S/C37H30O11/c1-22-19-30(38)45-28-20-26(17-18-27(22)28)44-37-33(48-36(42)25-15-9-4-10-16-25)32(47-35(41)24-13-7-3-8-14-24)31(39)29(46-37)21-43-34(40)23-11-5-2-6-12-23/h2-20,29,31-33,37,39H,21H2,1H3. The number of aliphatic hydroxyl groups excluding tert-OH is 1. The quantitative estimate of drug-likeness (QED) is 0.132. The second-order valence-corrected chi connectivity index (χ2v) is 11.0. The van der Waals surface area contributed by atoms with Gasteiger partial charge in [-0.2, -0.15) is 0 Å². The summed E-state index contributed by atoms with van der Waals surface area (Å²) in [5, 5.41) is 12.2. The lowest BCUT2D eigenvalue weighted by Crippen LogP contribution is -2.62. The Morgan fingerprint density at radius 1 is 0.708 bits per heavy atom. The summed E-state index contributed by atoms with van der Waals surface area (Å²) in [5.74, 6) is -2.16. The molecule has 5 aromatic rings. The third-order valence-corrected chi connectivity index (χ3v) is 7.69. The Labute approximate surface area is 274 Å². The van der Waals surface area contributed by atoms with Crippen LogP contribution in [0.3, 0.4) is 0 Å². The first-order valence-electron chi connectivity index (χ1n) is 15.1. The van der Waals surface area contributed by atoms with Crippen LogP contribution in [0, 0.1) is 6.92 Å². The second kappa shape index (κ2) is 14.3. The average molecular weight is 651 g/mol. The van der Waals surface area contributed by atoms with Crippen molar-refractivity contribution in [3.63, 3.8) is 0 Å². The van der Waals surface area contributed by atoms with E-state index in [2.05, 4.69) is 0 Å². The summed E-state index contributed by atoms with van der Waals surface area (Å²) in [5.41, 5.74) is 0.982. The number of aryl methyl sites for hydroxylation is 1. The van der Waals surface area contributed by atoms with Gasteiger partial charge >= 0.3 is 23.5 Å². The van der Waals surface area contributed by atoms with Crippen molar-refractivity contribution in [1.82, 2.24) is 0 Å². The van der Waals surface area contributed by atoms with Crippen molar-refractivity contribution in [2.75, 3.05) is 6.61 Å². The second-order valence-electron chi connectivity index (χ2n) is 11.0. The van der Waals surface area contributed by atoms with Crippen LogP contribution in [0.4, 0.5) is 0 Å². The smallest absolute Gasteiger partial charge is 0.338 e. The molecule has 2 heterocycles. The number of esters is 3. The van der Waals surface area contributed by atoms with Crippen LogP contribution < -0.4 is 10.4 Å². The normalized spacial score (nSPS) is 20.4. The molecule has 4 aromatic carbocycles. The monoisotopic (exact) mass is 650 g/mol. The molecule has 1 N–H and O–H groups in total. The number of ether oxygens (including phenoxy) is 5. The van der Waals surface area contributed by atoms with Gasteiger partial charge in [0.15, 0.2) is 6.10 Å². The summed E-state index contributed by atoms with van der Waals surface area (Å²) in [4.78, 5) is 51.5. The average Bonchev–Trinajstić information content (AvgIpc) is 3.11. The third-order valence-electron chi connectivity index (χ3n) is 7.69. The van der Waals surface area contributed by atoms with E-state index in [1.165, 1.54) is 36.4 Å². The number of hydrogen-bond donors (Lipinski definition) is 1. The van der Waals surface area contributed by atoms with Crippen LogP contribution >= 0.6 is 0 Å². The molecule has 1 aliphatic rings. The van der Waals surface area contributed by atoms with Gasteiger partial charge in [0.1, 0.15) is 30.1 Å². The fourth-order valence-corrected chi connectivity index (χ4v) is 5.24. The predicted molar refractivity (Wildman–Crippen MR) is 171 cm³/mol. The van der Waals surface area contributed by atoms with Crippen molar-refractivity contribution in [3.05, 3.63) is 148 Å². The zero-order valence-electron chi connectivity index (χ0n) is 25.6. The Kier molecular flexibility index (Phi) is 9.60. The van der Waals surface area contributed by atoms with Crippen molar-refractivity contribution < 1.29 is 47.6 Å². The van der Waals surface area contributed by atoms with E-state index in [0.29, 0.717) is 10.9 Å². The topological polar surface area (TPSA) is 148 Å². The van der Waals surface area contributed by atoms with Crippen LogP contribution in [0.5, 0.6) is 5.75 Å². The minimum Gasteiger partial charge on any atom is -0.461 e. The molecule has 48 heavy (non-hydrogen) atoms. The number of aliphatic hydroxyl groups is 1. The van der Waals surface area contributed by atoms with E-state index < -0.39 is 60.8 Å². The molecule has 11 heteroatoms. The predicted octanol–water partition coefficient (Wildman–Crippen LogP) is 4.87. The van der Waals surface area contributed by atoms with Crippen LogP contribution in [0.25, 0.3) is 11.0 Å². The summed E-state index contributed by atoms with van der Waals surface area (Å²) in [7, 11) is 0. The van der Waals surface area contributed by atoms with Crippen LogP contribution in [0.15, 0.2) is 124 Å². The third kappa shape index (κ3) is 7.27. The molecule has 1 aromatic heterocycles. The van der Waals surface area contributed by atoms with Crippen molar-refractivity contribution in [2.45, 2.75) is 37.6 Å². The van der Waals surface area contributed by atoms with E-state index in [4.69, 9.17) is 28.1 Å². The number of hydrogen-bond acceptors (Lipinski definition) is 11. The van der Waals surface area contributed by atoms with E-state index >= 15 is 0 Å². The summed E-state index contributed by atoms with van der Waals surface area (Å²) >= 11 is 0. The maximum Gasteiger partial charge on any atom is 0.338 e. The van der Waals surface area contributed by atoms with Gasteiger partial charge < -0.3 is 33.2 Å². The van der Waals surface area contributed by atoms with Crippen LogP contribution in [-0.2, 0) is 18.9 Å². The van der Waals surface area contributed by atoms with Crippen LogP contribution in [-0.4, -0.2) is 60.3 Å². The summed E-state index contributed by atoms with van der Waals surface area (Å²) in [6, 6.07) is 30.4. The van der Waals surface area contributed by atoms with E-state index in [1.807, 2.05) is 0 Å². The summed E-state index contributed by atoms with van der Waals surface area (Å²) < 4.78 is 34.8. The largest absolute Gasteiger partial charge is 0.461 e. The number of fused-ring (bicyclic) bond motifs is 1. The maximum atomic E-state index is 13.3. The Hall–Kier alpha value is -5.78. The van der Waals surface area contributed by atoms with Gasteiger partial charge in [0.05, 0.1) is 16.7 Å². The maximum absolute atomic E-state index is 13.3. The van der Waals surface area contributed by atoms with Gasteiger partial charge in [-0.25, -0.2) is 19.2 Å². The molecule has 11 nitrogen and oxygen atoms in total. The first-order valence-corrected chi connectivity index (χ1v) is 15.1. The van der Waals surface area contributed by atoms with Gasteiger partial charge in [0, 0.05) is 17.5 Å². The van der Waals surface area contributed by atoms with Gasteiger partial charge in [0.2, 0.25) is 12.4 Å². The fraction of sp³-hybridized carbons (Fsp3) is 0.189. The molecule has 5 unspecified atom stereocenters. The highest BCUT2D eigenvalue weighted by Gasteiger charge is 2.51. The first kappa shape index (κ1) is 32.2. The molecule has 1 saturated heterocycles. The summed E-state index contributed by atoms with van der Waals surface area (Å²) in [6.07, 6.45) is -7.54. The fourth-order valence-electron chi connectivity index (χ4n) is 5.24. The molecule has 0 saturated carbocycles. The minimum atomic E-state index is -1.65. The van der Waals surface area contributed by atoms with Gasteiger partial charge in [-0.1, -0.05) is 54.6 Å². The SMILES string of the molecule is Cc1cc(=O)oc2cc(OC3OC(COC(=O)c4ccccc4)C(O)C(OC(=O)c4ccccc4)C3OC(=O)c3ccccc3)ccc12. The lowest BCUT2D eigenvalue weighted by molar-refractivity contribution is -0.275.